The van der Waals surface area contributed by atoms with Crippen LogP contribution in [0.25, 0.3) is 11.1 Å². The predicted molar refractivity (Wildman–Crippen MR) is 65.9 cm³/mol. The Hall–Kier alpha value is -0.856. The number of hydrogen-bond donors (Lipinski definition) is 0. The van der Waals surface area contributed by atoms with Crippen LogP contribution in [-0.2, 0) is 37.5 Å². The van der Waals surface area contributed by atoms with Crippen LogP contribution >= 0.6 is 0 Å². The quantitative estimate of drug-likeness (QED) is 0.789. The van der Waals surface area contributed by atoms with Crippen molar-refractivity contribution in [1.82, 2.24) is 0 Å². The average molecular weight is 316 g/mol. The molecule has 0 aliphatic heterocycles. The summed E-state index contributed by atoms with van der Waals surface area (Å²) in [5, 5.41) is 0. The summed E-state index contributed by atoms with van der Waals surface area (Å²) < 4.78 is 13.9. The molecular weight excluding hydrogens is 304 g/mol. The van der Waals surface area contributed by atoms with Gasteiger partial charge < -0.3 is 4.79 Å². The van der Waals surface area contributed by atoms with Crippen molar-refractivity contribution in [2.45, 2.75) is 12.8 Å². The molecule has 0 heterocycles. The van der Waals surface area contributed by atoms with Crippen LogP contribution in [0.5, 0.6) is 0 Å². The Labute approximate surface area is 131 Å². The normalized spacial score (nSPS) is 11.4. The average Bonchev–Trinajstić information content (AvgIpc) is 2.38. The molecule has 1 atom stereocenters. The van der Waals surface area contributed by atoms with E-state index < -0.39 is 5.92 Å². The van der Waals surface area contributed by atoms with E-state index >= 15 is 0 Å². The molecule has 0 spiro atoms. The second-order valence-corrected chi connectivity index (χ2v) is 3.94. The summed E-state index contributed by atoms with van der Waals surface area (Å²) in [6, 6.07) is 14.2. The molecule has 0 fully saturated rings. The first-order valence-corrected chi connectivity index (χ1v) is 5.45. The minimum absolute atomic E-state index is 0. The topological polar surface area (TPSA) is 17.1 Å². The van der Waals surface area contributed by atoms with Gasteiger partial charge in [0.15, 0.2) is 0 Å². The molecule has 0 aromatic heterocycles. The number of benzene rings is 2. The molecule has 0 amide bonds. The Morgan fingerprint density at radius 1 is 1.11 bits per heavy atom. The van der Waals surface area contributed by atoms with Crippen molar-refractivity contribution < 1.29 is 41.9 Å². The molecule has 1 radical (unpaired) electrons. The fraction of sp³-hybridized carbons (Fsp3) is 0.133. The third-order valence-electron chi connectivity index (χ3n) is 2.75. The van der Waals surface area contributed by atoms with E-state index in [2.05, 4.69) is 0 Å². The van der Waals surface area contributed by atoms with Gasteiger partial charge in [0.25, 0.3) is 0 Å². The van der Waals surface area contributed by atoms with Crippen LogP contribution in [0, 0.1) is 5.82 Å². The van der Waals surface area contributed by atoms with E-state index in [0.29, 0.717) is 11.1 Å². The van der Waals surface area contributed by atoms with E-state index in [1.165, 1.54) is 6.07 Å². The van der Waals surface area contributed by atoms with Gasteiger partial charge in [-0.3, -0.25) is 6.29 Å². The minimum Gasteiger partial charge on any atom is -0.541 e. The van der Waals surface area contributed by atoms with E-state index in [0.717, 1.165) is 5.56 Å². The Morgan fingerprint density at radius 2 is 1.78 bits per heavy atom. The van der Waals surface area contributed by atoms with Gasteiger partial charge in [0.2, 0.25) is 0 Å². The molecule has 2 aromatic rings. The van der Waals surface area contributed by atoms with E-state index in [1.807, 2.05) is 36.6 Å². The SMILES string of the molecule is CC([C-]=O)c1ccc(-c2ccccc2)c(F)c1.[Y]. The molecule has 0 N–H and O–H groups in total. The minimum atomic E-state index is -0.394. The van der Waals surface area contributed by atoms with E-state index in [-0.39, 0.29) is 38.5 Å². The molecule has 18 heavy (non-hydrogen) atoms. The van der Waals surface area contributed by atoms with Crippen molar-refractivity contribution in [1.29, 1.82) is 0 Å². The zero-order valence-corrected chi connectivity index (χ0v) is 12.9. The summed E-state index contributed by atoms with van der Waals surface area (Å²) in [7, 11) is 0. The van der Waals surface area contributed by atoms with Gasteiger partial charge in [0, 0.05) is 38.3 Å². The van der Waals surface area contributed by atoms with E-state index in [1.54, 1.807) is 19.1 Å². The van der Waals surface area contributed by atoms with Gasteiger partial charge in [-0.1, -0.05) is 55.0 Å². The molecule has 0 aliphatic carbocycles. The zero-order valence-electron chi connectivity index (χ0n) is 10.1. The molecule has 3 heteroatoms. The van der Waals surface area contributed by atoms with Gasteiger partial charge >= 0.3 is 0 Å². The van der Waals surface area contributed by atoms with Gasteiger partial charge in [-0.15, -0.1) is 5.92 Å². The fourth-order valence-electron chi connectivity index (χ4n) is 1.72. The maximum absolute atomic E-state index is 13.9. The number of halogens is 1. The summed E-state index contributed by atoms with van der Waals surface area (Å²) >= 11 is 0. The Bertz CT molecular complexity index is 525. The van der Waals surface area contributed by atoms with Gasteiger partial charge in [-0.05, 0) is 11.6 Å². The Morgan fingerprint density at radius 3 is 2.33 bits per heavy atom. The molecule has 0 saturated carbocycles. The van der Waals surface area contributed by atoms with Crippen LogP contribution in [0.15, 0.2) is 48.5 Å². The second kappa shape index (κ2) is 6.91. The summed E-state index contributed by atoms with van der Waals surface area (Å²) in [4.78, 5) is 10.5. The van der Waals surface area contributed by atoms with Crippen molar-refractivity contribution >= 4 is 6.29 Å². The molecule has 0 saturated heterocycles. The maximum Gasteiger partial charge on any atom is 0.131 e. The van der Waals surface area contributed by atoms with Crippen LogP contribution in [0.2, 0.25) is 0 Å². The van der Waals surface area contributed by atoms with Crippen molar-refractivity contribution in [3.8, 4) is 11.1 Å². The van der Waals surface area contributed by atoms with Crippen LogP contribution in [0.1, 0.15) is 18.4 Å². The largest absolute Gasteiger partial charge is 0.541 e. The molecule has 2 rings (SSSR count). The third kappa shape index (κ3) is 3.33. The molecule has 1 unspecified atom stereocenters. The zero-order chi connectivity index (χ0) is 12.3. The summed E-state index contributed by atoms with van der Waals surface area (Å²) in [5.74, 6) is -0.704. The summed E-state index contributed by atoms with van der Waals surface area (Å²) in [6.07, 6.45) is 1.85. The summed E-state index contributed by atoms with van der Waals surface area (Å²) in [5.41, 5.74) is 2.03. The fourth-order valence-corrected chi connectivity index (χ4v) is 1.72. The Balaban J connectivity index is 0.00000162. The number of rotatable bonds is 3. The van der Waals surface area contributed by atoms with Gasteiger partial charge in [0.05, 0.1) is 0 Å². The third-order valence-corrected chi connectivity index (χ3v) is 2.75. The number of hydrogen-bond acceptors (Lipinski definition) is 1. The van der Waals surface area contributed by atoms with Crippen molar-refractivity contribution in [2.75, 3.05) is 0 Å². The van der Waals surface area contributed by atoms with E-state index in [4.69, 9.17) is 0 Å². The van der Waals surface area contributed by atoms with E-state index in [9.17, 15) is 9.18 Å². The van der Waals surface area contributed by atoms with Crippen LogP contribution in [0.4, 0.5) is 4.39 Å². The molecule has 89 valence electrons. The van der Waals surface area contributed by atoms with Gasteiger partial charge in [-0.25, -0.2) is 4.39 Å². The second-order valence-electron chi connectivity index (χ2n) is 3.94. The first-order valence-electron chi connectivity index (χ1n) is 5.45. The van der Waals surface area contributed by atoms with Crippen molar-refractivity contribution in [3.05, 3.63) is 59.9 Å². The first-order chi connectivity index (χ1) is 8.22. The molecular formula is C15H12FOY-. The van der Waals surface area contributed by atoms with Crippen LogP contribution in [0.3, 0.4) is 0 Å². The van der Waals surface area contributed by atoms with Crippen LogP contribution in [-0.4, -0.2) is 6.29 Å². The predicted octanol–water partition coefficient (Wildman–Crippen LogP) is 3.70. The first kappa shape index (κ1) is 15.2. The molecule has 1 nitrogen and oxygen atoms in total. The maximum atomic E-state index is 13.9. The Kier molecular flexibility index (Phi) is 5.84. The standard InChI is InChI=1S/C15H12FO.Y/c1-11(10-17)13-7-8-14(15(16)9-13)12-5-3-2-4-6-12;/h2-9,11H,1H3;/q-1;. The number of carbonyl (C=O) groups excluding carboxylic acids is 1. The molecule has 0 bridgehead atoms. The van der Waals surface area contributed by atoms with Gasteiger partial charge in [0.1, 0.15) is 5.82 Å². The van der Waals surface area contributed by atoms with Gasteiger partial charge in [-0.2, -0.15) is 0 Å². The monoisotopic (exact) mass is 316 g/mol. The van der Waals surface area contributed by atoms with Crippen LogP contribution < -0.4 is 0 Å². The molecule has 2 aromatic carbocycles. The molecule has 0 aliphatic rings. The van der Waals surface area contributed by atoms with Crippen molar-refractivity contribution in [3.63, 3.8) is 0 Å². The van der Waals surface area contributed by atoms with Crippen molar-refractivity contribution in [2.24, 2.45) is 0 Å². The smallest absolute Gasteiger partial charge is 0.131 e. The summed E-state index contributed by atoms with van der Waals surface area (Å²) in [6.45, 7) is 1.70.